The lowest BCUT2D eigenvalue weighted by Gasteiger charge is -2.19. The molecule has 0 aliphatic rings. The standard InChI is InChI=1S/C34H40N2O6/c1-34(2,3)42-33(39)36-19-17-27-11-7-9-25-13-15-29(23-31(25)27)41-21-5-4-20-40-28-14-12-24-8-6-10-26(30(24)22-28)16-18-35-32(37)38/h6-15,22-23,35H,4-5,16-21H2,1-3H3,(H,36,39)(H,37,38). The second kappa shape index (κ2) is 14.4. The molecule has 0 heterocycles. The summed E-state index contributed by atoms with van der Waals surface area (Å²) in [6, 6.07) is 24.3. The maximum Gasteiger partial charge on any atom is 0.407 e. The van der Waals surface area contributed by atoms with Crippen molar-refractivity contribution in [2.24, 2.45) is 0 Å². The van der Waals surface area contributed by atoms with Gasteiger partial charge in [-0.05, 0) is 103 Å². The van der Waals surface area contributed by atoms with Crippen LogP contribution in [-0.4, -0.2) is 49.2 Å². The van der Waals surface area contributed by atoms with E-state index in [4.69, 9.17) is 19.3 Å². The van der Waals surface area contributed by atoms with Gasteiger partial charge in [-0.2, -0.15) is 0 Å². The molecule has 222 valence electrons. The van der Waals surface area contributed by atoms with Crippen molar-refractivity contribution in [3.63, 3.8) is 0 Å². The molecule has 0 atom stereocenters. The highest BCUT2D eigenvalue weighted by atomic mass is 16.6. The molecule has 4 aromatic rings. The van der Waals surface area contributed by atoms with Crippen molar-refractivity contribution in [3.05, 3.63) is 83.9 Å². The number of hydrogen-bond donors (Lipinski definition) is 3. The Morgan fingerprint density at radius 1 is 0.714 bits per heavy atom. The third-order valence-corrected chi connectivity index (χ3v) is 6.70. The fourth-order valence-corrected chi connectivity index (χ4v) is 4.75. The average Bonchev–Trinajstić information content (AvgIpc) is 2.94. The molecule has 0 aliphatic carbocycles. The van der Waals surface area contributed by atoms with Gasteiger partial charge in [-0.3, -0.25) is 0 Å². The molecule has 4 aromatic carbocycles. The van der Waals surface area contributed by atoms with E-state index in [1.807, 2.05) is 69.3 Å². The number of unbranched alkanes of at least 4 members (excludes halogenated alkanes) is 1. The summed E-state index contributed by atoms with van der Waals surface area (Å²) in [5.41, 5.74) is 1.70. The molecule has 0 saturated carbocycles. The van der Waals surface area contributed by atoms with Crippen molar-refractivity contribution in [2.75, 3.05) is 26.3 Å². The third-order valence-electron chi connectivity index (χ3n) is 6.70. The van der Waals surface area contributed by atoms with Crippen molar-refractivity contribution in [2.45, 2.75) is 52.1 Å². The number of alkyl carbamates (subject to hydrolysis) is 1. The molecule has 0 bridgehead atoms. The molecule has 0 radical (unpaired) electrons. The number of rotatable bonds is 13. The molecule has 0 aromatic heterocycles. The number of carbonyl (C=O) groups is 2. The molecule has 8 nitrogen and oxygen atoms in total. The topological polar surface area (TPSA) is 106 Å². The number of nitrogens with one attached hydrogen (secondary N) is 2. The van der Waals surface area contributed by atoms with Gasteiger partial charge in [0.1, 0.15) is 17.1 Å². The van der Waals surface area contributed by atoms with Gasteiger partial charge in [0.05, 0.1) is 13.2 Å². The van der Waals surface area contributed by atoms with Crippen LogP contribution in [0.3, 0.4) is 0 Å². The molecule has 0 spiro atoms. The summed E-state index contributed by atoms with van der Waals surface area (Å²) >= 11 is 0. The largest absolute Gasteiger partial charge is 0.494 e. The van der Waals surface area contributed by atoms with E-state index in [1.165, 1.54) is 0 Å². The van der Waals surface area contributed by atoms with Crippen LogP contribution in [0.25, 0.3) is 21.5 Å². The highest BCUT2D eigenvalue weighted by Crippen LogP contribution is 2.26. The normalized spacial score (nSPS) is 11.3. The van der Waals surface area contributed by atoms with Crippen LogP contribution in [0.5, 0.6) is 11.5 Å². The summed E-state index contributed by atoms with van der Waals surface area (Å²) in [6.07, 6.45) is 1.57. The highest BCUT2D eigenvalue weighted by Gasteiger charge is 2.15. The maximum absolute atomic E-state index is 12.0. The van der Waals surface area contributed by atoms with Gasteiger partial charge < -0.3 is 30.0 Å². The quantitative estimate of drug-likeness (QED) is 0.148. The minimum absolute atomic E-state index is 0.364. The van der Waals surface area contributed by atoms with E-state index in [0.29, 0.717) is 39.1 Å². The Balaban J connectivity index is 1.24. The van der Waals surface area contributed by atoms with Crippen LogP contribution in [0.1, 0.15) is 44.7 Å². The van der Waals surface area contributed by atoms with Gasteiger partial charge in [-0.25, -0.2) is 9.59 Å². The van der Waals surface area contributed by atoms with Gasteiger partial charge in [0.2, 0.25) is 0 Å². The third kappa shape index (κ3) is 9.29. The van der Waals surface area contributed by atoms with Crippen LogP contribution < -0.4 is 20.1 Å². The van der Waals surface area contributed by atoms with Gasteiger partial charge >= 0.3 is 12.2 Å². The minimum Gasteiger partial charge on any atom is -0.494 e. The van der Waals surface area contributed by atoms with E-state index in [-0.39, 0.29) is 0 Å². The number of fused-ring (bicyclic) bond motifs is 2. The predicted octanol–water partition coefficient (Wildman–Crippen LogP) is 7.11. The number of ether oxygens (including phenoxy) is 3. The molecule has 42 heavy (non-hydrogen) atoms. The molecule has 0 unspecified atom stereocenters. The predicted molar refractivity (Wildman–Crippen MR) is 166 cm³/mol. The zero-order chi connectivity index (χ0) is 30.0. The van der Waals surface area contributed by atoms with Crippen LogP contribution >= 0.6 is 0 Å². The van der Waals surface area contributed by atoms with Gasteiger partial charge in [0.25, 0.3) is 0 Å². The summed E-state index contributed by atoms with van der Waals surface area (Å²) in [5.74, 6) is 1.61. The van der Waals surface area contributed by atoms with Crippen LogP contribution in [0, 0.1) is 0 Å². The maximum atomic E-state index is 12.0. The Labute approximate surface area is 247 Å². The Morgan fingerprint density at radius 3 is 1.69 bits per heavy atom. The molecule has 0 aliphatic heterocycles. The number of carbonyl (C=O) groups excluding carboxylic acids is 1. The van der Waals surface area contributed by atoms with Gasteiger partial charge in [-0.15, -0.1) is 0 Å². The number of carboxylic acid groups (broad SMARTS) is 1. The molecular weight excluding hydrogens is 532 g/mol. The first-order valence-corrected chi connectivity index (χ1v) is 14.4. The van der Waals surface area contributed by atoms with Crippen LogP contribution in [0.2, 0.25) is 0 Å². The lowest BCUT2D eigenvalue weighted by molar-refractivity contribution is 0.0528. The summed E-state index contributed by atoms with van der Waals surface area (Å²) in [5, 5.41) is 18.5. The fourth-order valence-electron chi connectivity index (χ4n) is 4.75. The van der Waals surface area contributed by atoms with Crippen molar-refractivity contribution in [1.29, 1.82) is 0 Å². The number of benzene rings is 4. The smallest absolute Gasteiger partial charge is 0.407 e. The van der Waals surface area contributed by atoms with Crippen LogP contribution in [-0.2, 0) is 17.6 Å². The van der Waals surface area contributed by atoms with Crippen molar-refractivity contribution >= 4 is 33.7 Å². The van der Waals surface area contributed by atoms with Gasteiger partial charge in [0, 0.05) is 13.1 Å². The van der Waals surface area contributed by atoms with Crippen LogP contribution in [0.15, 0.2) is 72.8 Å². The Morgan fingerprint density at radius 2 is 1.21 bits per heavy atom. The highest BCUT2D eigenvalue weighted by molar-refractivity contribution is 5.88. The minimum atomic E-state index is -1.02. The van der Waals surface area contributed by atoms with Crippen molar-refractivity contribution in [1.82, 2.24) is 10.6 Å². The fraction of sp³-hybridized carbons (Fsp3) is 0.353. The zero-order valence-corrected chi connectivity index (χ0v) is 24.6. The van der Waals surface area contributed by atoms with Crippen molar-refractivity contribution < 1.29 is 28.9 Å². The molecule has 8 heteroatoms. The Bertz CT molecular complexity index is 1510. The van der Waals surface area contributed by atoms with E-state index in [0.717, 1.165) is 57.0 Å². The summed E-state index contributed by atoms with van der Waals surface area (Å²) in [6.45, 7) is 7.54. The lowest BCUT2D eigenvalue weighted by Crippen LogP contribution is -2.33. The summed E-state index contributed by atoms with van der Waals surface area (Å²) < 4.78 is 17.4. The van der Waals surface area contributed by atoms with E-state index >= 15 is 0 Å². The van der Waals surface area contributed by atoms with E-state index in [1.54, 1.807) is 0 Å². The van der Waals surface area contributed by atoms with Crippen LogP contribution in [0.4, 0.5) is 9.59 Å². The zero-order valence-electron chi connectivity index (χ0n) is 24.6. The number of amides is 2. The molecule has 4 rings (SSSR count). The Kier molecular flexibility index (Phi) is 10.5. The summed E-state index contributed by atoms with van der Waals surface area (Å²) in [7, 11) is 0. The van der Waals surface area contributed by atoms with Gasteiger partial charge in [-0.1, -0.05) is 48.5 Å². The molecule has 0 saturated heterocycles. The van der Waals surface area contributed by atoms with Crippen molar-refractivity contribution in [3.8, 4) is 11.5 Å². The number of hydrogen-bond acceptors (Lipinski definition) is 5. The Hall–Kier alpha value is -4.46. The van der Waals surface area contributed by atoms with E-state index < -0.39 is 17.8 Å². The average molecular weight is 573 g/mol. The first-order valence-electron chi connectivity index (χ1n) is 14.4. The summed E-state index contributed by atoms with van der Waals surface area (Å²) in [4.78, 5) is 22.8. The second-order valence-corrected chi connectivity index (χ2v) is 11.2. The monoisotopic (exact) mass is 572 g/mol. The van der Waals surface area contributed by atoms with E-state index in [9.17, 15) is 9.59 Å². The first kappa shape index (κ1) is 30.5. The first-order chi connectivity index (χ1) is 20.2. The SMILES string of the molecule is CC(C)(C)OC(=O)NCCc1cccc2ccc(OCCCCOc3ccc4cccc(CCNC(=O)O)c4c3)cc12. The molecule has 2 amide bonds. The molecular formula is C34H40N2O6. The van der Waals surface area contributed by atoms with E-state index in [2.05, 4.69) is 34.9 Å². The second-order valence-electron chi connectivity index (χ2n) is 11.2. The molecule has 0 fully saturated rings. The lowest BCUT2D eigenvalue weighted by atomic mass is 10.0. The van der Waals surface area contributed by atoms with Gasteiger partial charge in [0.15, 0.2) is 0 Å². The molecule has 3 N–H and O–H groups in total.